The summed E-state index contributed by atoms with van der Waals surface area (Å²) >= 11 is 0. The van der Waals surface area contributed by atoms with Gasteiger partial charge < -0.3 is 14.4 Å². The van der Waals surface area contributed by atoms with Gasteiger partial charge >= 0.3 is 0 Å². The van der Waals surface area contributed by atoms with E-state index in [1.807, 2.05) is 26.0 Å². The van der Waals surface area contributed by atoms with Crippen LogP contribution in [0.2, 0.25) is 0 Å². The Morgan fingerprint density at radius 3 is 2.36 bits per heavy atom. The Kier molecular flexibility index (Phi) is 6.02. The first-order chi connectivity index (χ1) is 12.1. The SMILES string of the molecule is CCN(C(=O)c1cccc(OC)c1OC)C(C)c1ccc(C#N)cc1. The molecule has 2 aromatic carbocycles. The molecule has 2 rings (SSSR count). The summed E-state index contributed by atoms with van der Waals surface area (Å²) in [6.07, 6.45) is 0. The molecule has 0 saturated heterocycles. The molecule has 5 heteroatoms. The predicted molar refractivity (Wildman–Crippen MR) is 95.8 cm³/mol. The molecule has 0 aromatic heterocycles. The molecule has 0 aliphatic heterocycles. The lowest BCUT2D eigenvalue weighted by Gasteiger charge is -2.29. The molecule has 0 spiro atoms. The number of rotatable bonds is 6. The fraction of sp³-hybridized carbons (Fsp3) is 0.300. The summed E-state index contributed by atoms with van der Waals surface area (Å²) in [5.41, 5.74) is 2.03. The zero-order valence-electron chi connectivity index (χ0n) is 14.9. The first-order valence-corrected chi connectivity index (χ1v) is 8.09. The summed E-state index contributed by atoms with van der Waals surface area (Å²) in [6.45, 7) is 4.44. The van der Waals surface area contributed by atoms with Gasteiger partial charge in [-0.15, -0.1) is 0 Å². The third kappa shape index (κ3) is 3.74. The first-order valence-electron chi connectivity index (χ1n) is 8.09. The van der Waals surface area contributed by atoms with Gasteiger partial charge in [-0.1, -0.05) is 18.2 Å². The molecule has 1 amide bonds. The molecule has 0 radical (unpaired) electrons. The second kappa shape index (κ2) is 8.20. The molecule has 130 valence electrons. The molecule has 0 bridgehead atoms. The van der Waals surface area contributed by atoms with Crippen LogP contribution in [-0.2, 0) is 0 Å². The molecule has 2 aromatic rings. The number of methoxy groups -OCH3 is 2. The van der Waals surface area contributed by atoms with Crippen molar-refractivity contribution in [2.45, 2.75) is 19.9 Å². The van der Waals surface area contributed by atoms with Crippen LogP contribution < -0.4 is 9.47 Å². The highest BCUT2D eigenvalue weighted by atomic mass is 16.5. The summed E-state index contributed by atoms with van der Waals surface area (Å²) in [6, 6.07) is 14.5. The maximum absolute atomic E-state index is 13.1. The molecule has 0 fully saturated rings. The molecule has 5 nitrogen and oxygen atoms in total. The van der Waals surface area contributed by atoms with Crippen LogP contribution in [0, 0.1) is 11.3 Å². The van der Waals surface area contributed by atoms with Crippen molar-refractivity contribution in [3.05, 3.63) is 59.2 Å². The van der Waals surface area contributed by atoms with Gasteiger partial charge in [0.05, 0.1) is 37.5 Å². The molecule has 0 aliphatic carbocycles. The quantitative estimate of drug-likeness (QED) is 0.804. The Bertz CT molecular complexity index is 779. The average Bonchev–Trinajstić information content (AvgIpc) is 2.67. The number of hydrogen-bond donors (Lipinski definition) is 0. The lowest BCUT2D eigenvalue weighted by atomic mass is 10.0. The Hall–Kier alpha value is -3.00. The van der Waals surface area contributed by atoms with E-state index in [-0.39, 0.29) is 11.9 Å². The second-order valence-corrected chi connectivity index (χ2v) is 5.54. The zero-order chi connectivity index (χ0) is 18.4. The van der Waals surface area contributed by atoms with Crippen molar-refractivity contribution in [3.63, 3.8) is 0 Å². The monoisotopic (exact) mass is 338 g/mol. The van der Waals surface area contributed by atoms with E-state index in [2.05, 4.69) is 6.07 Å². The molecule has 0 saturated carbocycles. The molecular weight excluding hydrogens is 316 g/mol. The minimum Gasteiger partial charge on any atom is -0.493 e. The van der Waals surface area contributed by atoms with E-state index in [0.29, 0.717) is 29.2 Å². The number of nitrogens with zero attached hydrogens (tertiary/aromatic N) is 2. The number of ether oxygens (including phenoxy) is 2. The summed E-state index contributed by atoms with van der Waals surface area (Å²) in [5, 5.41) is 8.93. The van der Waals surface area contributed by atoms with E-state index in [4.69, 9.17) is 14.7 Å². The van der Waals surface area contributed by atoms with Crippen LogP contribution in [0.15, 0.2) is 42.5 Å². The van der Waals surface area contributed by atoms with Gasteiger partial charge in [0.25, 0.3) is 5.91 Å². The highest BCUT2D eigenvalue weighted by molar-refractivity contribution is 5.98. The summed E-state index contributed by atoms with van der Waals surface area (Å²) < 4.78 is 10.7. The van der Waals surface area contributed by atoms with E-state index in [1.54, 1.807) is 42.3 Å². The largest absolute Gasteiger partial charge is 0.493 e. The first kappa shape index (κ1) is 18.3. The number of amides is 1. The Labute approximate surface area is 148 Å². The highest BCUT2D eigenvalue weighted by Crippen LogP contribution is 2.33. The highest BCUT2D eigenvalue weighted by Gasteiger charge is 2.25. The summed E-state index contributed by atoms with van der Waals surface area (Å²) in [5.74, 6) is 0.825. The number of benzene rings is 2. The van der Waals surface area contributed by atoms with Crippen LogP contribution in [0.1, 0.15) is 41.4 Å². The van der Waals surface area contributed by atoms with Crippen LogP contribution in [0.25, 0.3) is 0 Å². The number of carbonyl (C=O) groups is 1. The maximum atomic E-state index is 13.1. The zero-order valence-corrected chi connectivity index (χ0v) is 14.9. The van der Waals surface area contributed by atoms with Crippen LogP contribution >= 0.6 is 0 Å². The van der Waals surface area contributed by atoms with Crippen molar-refractivity contribution in [1.82, 2.24) is 4.90 Å². The van der Waals surface area contributed by atoms with Gasteiger partial charge in [0.2, 0.25) is 0 Å². The van der Waals surface area contributed by atoms with Gasteiger partial charge in [-0.25, -0.2) is 0 Å². The minimum absolute atomic E-state index is 0.130. The number of para-hydroxylation sites is 1. The number of carbonyl (C=O) groups excluding carboxylic acids is 1. The van der Waals surface area contributed by atoms with Crippen LogP contribution in [0.4, 0.5) is 0 Å². The molecule has 0 aliphatic rings. The lowest BCUT2D eigenvalue weighted by molar-refractivity contribution is 0.0698. The normalized spacial score (nSPS) is 11.3. The van der Waals surface area contributed by atoms with Gasteiger partial charge in [-0.05, 0) is 43.7 Å². The third-order valence-electron chi connectivity index (χ3n) is 4.22. The standard InChI is InChI=1S/C20H22N2O3/c1-5-22(14(2)16-11-9-15(13-21)10-12-16)20(23)17-7-6-8-18(24-3)19(17)25-4/h6-12,14H,5H2,1-4H3. The number of hydrogen-bond acceptors (Lipinski definition) is 4. The summed E-state index contributed by atoms with van der Waals surface area (Å²) in [7, 11) is 3.07. The average molecular weight is 338 g/mol. The molecule has 0 heterocycles. The van der Waals surface area contributed by atoms with Gasteiger partial charge in [-0.3, -0.25) is 4.79 Å². The molecule has 25 heavy (non-hydrogen) atoms. The fourth-order valence-corrected chi connectivity index (χ4v) is 2.82. The third-order valence-corrected chi connectivity index (χ3v) is 4.22. The Morgan fingerprint density at radius 2 is 1.84 bits per heavy atom. The van der Waals surface area contributed by atoms with Crippen molar-refractivity contribution in [3.8, 4) is 17.6 Å². The van der Waals surface area contributed by atoms with E-state index in [9.17, 15) is 4.79 Å². The van der Waals surface area contributed by atoms with E-state index in [1.165, 1.54) is 7.11 Å². The van der Waals surface area contributed by atoms with Gasteiger partial charge in [0.15, 0.2) is 11.5 Å². The topological polar surface area (TPSA) is 62.6 Å². The molecular formula is C20H22N2O3. The number of nitriles is 1. The molecule has 1 unspecified atom stereocenters. The smallest absolute Gasteiger partial charge is 0.258 e. The van der Waals surface area contributed by atoms with Crippen LogP contribution in [0.3, 0.4) is 0 Å². The molecule has 0 N–H and O–H groups in total. The predicted octanol–water partition coefficient (Wildman–Crippen LogP) is 3.80. The van der Waals surface area contributed by atoms with Crippen molar-refractivity contribution in [2.75, 3.05) is 20.8 Å². The fourth-order valence-electron chi connectivity index (χ4n) is 2.82. The van der Waals surface area contributed by atoms with Crippen molar-refractivity contribution in [1.29, 1.82) is 5.26 Å². The van der Waals surface area contributed by atoms with Crippen molar-refractivity contribution >= 4 is 5.91 Å². The van der Waals surface area contributed by atoms with Gasteiger partial charge in [0, 0.05) is 6.54 Å². The maximum Gasteiger partial charge on any atom is 0.258 e. The Balaban J connectivity index is 2.36. The van der Waals surface area contributed by atoms with E-state index < -0.39 is 0 Å². The van der Waals surface area contributed by atoms with E-state index >= 15 is 0 Å². The van der Waals surface area contributed by atoms with E-state index in [0.717, 1.165) is 5.56 Å². The van der Waals surface area contributed by atoms with Crippen LogP contribution in [-0.4, -0.2) is 31.6 Å². The van der Waals surface area contributed by atoms with Crippen molar-refractivity contribution in [2.24, 2.45) is 0 Å². The van der Waals surface area contributed by atoms with Gasteiger partial charge in [0.1, 0.15) is 0 Å². The molecule has 1 atom stereocenters. The summed E-state index contributed by atoms with van der Waals surface area (Å²) in [4.78, 5) is 14.9. The lowest BCUT2D eigenvalue weighted by Crippen LogP contribution is -2.33. The van der Waals surface area contributed by atoms with Crippen LogP contribution in [0.5, 0.6) is 11.5 Å². The minimum atomic E-state index is -0.138. The Morgan fingerprint density at radius 1 is 1.16 bits per heavy atom. The second-order valence-electron chi connectivity index (χ2n) is 5.54. The van der Waals surface area contributed by atoms with Crippen molar-refractivity contribution < 1.29 is 14.3 Å². The van der Waals surface area contributed by atoms with Gasteiger partial charge in [-0.2, -0.15) is 5.26 Å².